The number of cyclic esters (lactones) is 1. The second-order valence-corrected chi connectivity index (χ2v) is 9.23. The summed E-state index contributed by atoms with van der Waals surface area (Å²) in [6.45, 7) is 2.65. The van der Waals surface area contributed by atoms with E-state index in [1.807, 2.05) is 6.07 Å². The van der Waals surface area contributed by atoms with E-state index >= 15 is 0 Å². The average molecular weight is 507 g/mol. The van der Waals surface area contributed by atoms with Crippen LogP contribution in [0.4, 0.5) is 18.0 Å². The SMILES string of the molecule is CC1(C)OCC(CO)(CCc2ccc(OCCCc3cccc(C#N)c3)c(C(F)(F)F)c2)NC(=O)O1. The van der Waals surface area contributed by atoms with E-state index in [-0.39, 0.29) is 31.8 Å². The van der Waals surface area contributed by atoms with Crippen LogP contribution in [0.25, 0.3) is 0 Å². The van der Waals surface area contributed by atoms with Gasteiger partial charge in [0.1, 0.15) is 5.75 Å². The fourth-order valence-corrected chi connectivity index (χ4v) is 3.86. The molecular formula is C26H29F3N2O5. The molecule has 36 heavy (non-hydrogen) atoms. The topological polar surface area (TPSA) is 101 Å². The smallest absolute Gasteiger partial charge is 0.419 e. The highest BCUT2D eigenvalue weighted by Crippen LogP contribution is 2.37. The number of amides is 1. The maximum atomic E-state index is 13.8. The van der Waals surface area contributed by atoms with E-state index in [2.05, 4.69) is 11.4 Å². The van der Waals surface area contributed by atoms with Crippen LogP contribution in [0.5, 0.6) is 5.75 Å². The van der Waals surface area contributed by atoms with Gasteiger partial charge in [-0.15, -0.1) is 0 Å². The van der Waals surface area contributed by atoms with Crippen molar-refractivity contribution < 1.29 is 37.3 Å². The van der Waals surface area contributed by atoms with Gasteiger partial charge in [-0.25, -0.2) is 4.79 Å². The first kappa shape index (κ1) is 27.3. The number of alkyl carbamates (subject to hydrolysis) is 1. The highest BCUT2D eigenvalue weighted by molar-refractivity contribution is 5.69. The molecule has 1 heterocycles. The first-order valence-electron chi connectivity index (χ1n) is 11.5. The predicted octanol–water partition coefficient (Wildman–Crippen LogP) is 4.74. The summed E-state index contributed by atoms with van der Waals surface area (Å²) in [5.74, 6) is -1.46. The van der Waals surface area contributed by atoms with Gasteiger partial charge in [0, 0.05) is 13.8 Å². The van der Waals surface area contributed by atoms with E-state index in [4.69, 9.17) is 19.5 Å². The third-order valence-corrected chi connectivity index (χ3v) is 5.87. The molecule has 2 aromatic rings. The molecule has 1 aliphatic rings. The number of aryl methyl sites for hydroxylation is 2. The molecule has 10 heteroatoms. The number of rotatable bonds is 9. The van der Waals surface area contributed by atoms with Gasteiger partial charge >= 0.3 is 12.3 Å². The van der Waals surface area contributed by atoms with Crippen LogP contribution < -0.4 is 10.1 Å². The second-order valence-electron chi connectivity index (χ2n) is 9.23. The number of halogens is 3. The van der Waals surface area contributed by atoms with E-state index in [9.17, 15) is 23.1 Å². The van der Waals surface area contributed by atoms with Gasteiger partial charge in [0.05, 0.1) is 42.6 Å². The standard InChI is InChI=1S/C26H29F3N2O5/c1-24(2)35-17-25(16-32,31-23(33)36-24)11-10-19-8-9-22(21(14-19)26(27,28)29)34-12-4-7-18-5-3-6-20(13-18)15-30/h3,5-6,8-9,13-14,32H,4,7,10-12,16-17H2,1-2H3,(H,31,33). The van der Waals surface area contributed by atoms with Gasteiger partial charge in [0.15, 0.2) is 0 Å². The van der Waals surface area contributed by atoms with Crippen molar-refractivity contribution in [3.63, 3.8) is 0 Å². The lowest BCUT2D eigenvalue weighted by atomic mass is 9.92. The molecule has 0 spiro atoms. The van der Waals surface area contributed by atoms with Crippen molar-refractivity contribution in [2.45, 2.75) is 57.0 Å². The van der Waals surface area contributed by atoms with Crippen LogP contribution in [0.1, 0.15) is 48.9 Å². The van der Waals surface area contributed by atoms with Crippen molar-refractivity contribution in [3.8, 4) is 11.8 Å². The number of nitrogens with zero attached hydrogens (tertiary/aromatic N) is 1. The van der Waals surface area contributed by atoms with E-state index < -0.39 is 35.8 Å². The molecule has 2 N–H and O–H groups in total. The maximum Gasteiger partial charge on any atom is 0.419 e. The number of aliphatic hydroxyl groups is 1. The molecule has 0 radical (unpaired) electrons. The summed E-state index contributed by atoms with van der Waals surface area (Å²) in [4.78, 5) is 12.1. The van der Waals surface area contributed by atoms with Crippen molar-refractivity contribution in [3.05, 3.63) is 64.7 Å². The van der Waals surface area contributed by atoms with Gasteiger partial charge in [-0.3, -0.25) is 0 Å². The number of aliphatic hydroxyl groups excluding tert-OH is 1. The van der Waals surface area contributed by atoms with Crippen molar-refractivity contribution in [1.29, 1.82) is 5.26 Å². The quantitative estimate of drug-likeness (QED) is 0.477. The van der Waals surface area contributed by atoms with Crippen LogP contribution in [0.15, 0.2) is 42.5 Å². The number of nitrogens with one attached hydrogen (secondary N) is 1. The number of benzene rings is 2. The number of carbonyl (C=O) groups is 1. The molecule has 1 saturated heterocycles. The molecule has 194 valence electrons. The van der Waals surface area contributed by atoms with E-state index in [0.717, 1.165) is 11.6 Å². The number of hydrogen-bond acceptors (Lipinski definition) is 6. The normalized spacial score (nSPS) is 19.5. The van der Waals surface area contributed by atoms with Crippen molar-refractivity contribution in [2.75, 3.05) is 19.8 Å². The van der Waals surface area contributed by atoms with Crippen LogP contribution in [0.2, 0.25) is 0 Å². The lowest BCUT2D eigenvalue weighted by Crippen LogP contribution is -2.53. The van der Waals surface area contributed by atoms with Crippen LogP contribution in [-0.4, -0.2) is 42.3 Å². The fraction of sp³-hybridized carbons (Fsp3) is 0.462. The number of carbonyl (C=O) groups excluding carboxylic acids is 1. The zero-order chi connectivity index (χ0) is 26.4. The van der Waals surface area contributed by atoms with Crippen molar-refractivity contribution in [2.24, 2.45) is 0 Å². The molecule has 0 aliphatic carbocycles. The minimum Gasteiger partial charge on any atom is -0.493 e. The summed E-state index contributed by atoms with van der Waals surface area (Å²) in [7, 11) is 0. The minimum atomic E-state index is -4.63. The van der Waals surface area contributed by atoms with Crippen LogP contribution in [-0.2, 0) is 28.5 Å². The second kappa shape index (κ2) is 11.2. The molecule has 0 saturated carbocycles. The Balaban J connectivity index is 1.65. The van der Waals surface area contributed by atoms with Gasteiger partial charge < -0.3 is 24.6 Å². The molecule has 7 nitrogen and oxygen atoms in total. The highest BCUT2D eigenvalue weighted by atomic mass is 19.4. The van der Waals surface area contributed by atoms with E-state index in [0.29, 0.717) is 24.0 Å². The first-order valence-corrected chi connectivity index (χ1v) is 11.5. The summed E-state index contributed by atoms with van der Waals surface area (Å²) in [6.07, 6.45) is -4.08. The summed E-state index contributed by atoms with van der Waals surface area (Å²) >= 11 is 0. The Morgan fingerprint density at radius 3 is 2.61 bits per heavy atom. The molecule has 0 bridgehead atoms. The highest BCUT2D eigenvalue weighted by Gasteiger charge is 2.40. The third kappa shape index (κ3) is 7.35. The fourth-order valence-electron chi connectivity index (χ4n) is 3.86. The minimum absolute atomic E-state index is 0.0627. The molecular weight excluding hydrogens is 477 g/mol. The van der Waals surface area contributed by atoms with Gasteiger partial charge in [-0.1, -0.05) is 18.2 Å². The maximum absolute atomic E-state index is 13.8. The van der Waals surface area contributed by atoms with Crippen molar-refractivity contribution >= 4 is 6.09 Å². The Labute approximate surface area is 207 Å². The molecule has 2 aromatic carbocycles. The molecule has 3 rings (SSSR count). The molecule has 1 amide bonds. The van der Waals surface area contributed by atoms with Gasteiger partial charge in [-0.2, -0.15) is 18.4 Å². The first-order chi connectivity index (χ1) is 17.0. The number of alkyl halides is 3. The van der Waals surface area contributed by atoms with Crippen LogP contribution >= 0.6 is 0 Å². The third-order valence-electron chi connectivity index (χ3n) is 5.87. The number of nitriles is 1. The summed E-state index contributed by atoms with van der Waals surface area (Å²) in [5.41, 5.74) is -0.284. The number of ether oxygens (including phenoxy) is 3. The largest absolute Gasteiger partial charge is 0.493 e. The zero-order valence-corrected chi connectivity index (χ0v) is 20.2. The predicted molar refractivity (Wildman–Crippen MR) is 124 cm³/mol. The number of hydrogen-bond donors (Lipinski definition) is 2. The summed E-state index contributed by atoms with van der Waals surface area (Å²) in [6, 6.07) is 12.9. The van der Waals surface area contributed by atoms with Gasteiger partial charge in [0.2, 0.25) is 5.79 Å². The lowest BCUT2D eigenvalue weighted by molar-refractivity contribution is -0.173. The van der Waals surface area contributed by atoms with Crippen molar-refractivity contribution in [1.82, 2.24) is 5.32 Å². The Morgan fingerprint density at radius 1 is 1.17 bits per heavy atom. The molecule has 1 unspecified atom stereocenters. The van der Waals surface area contributed by atoms with Crippen LogP contribution in [0, 0.1) is 11.3 Å². The van der Waals surface area contributed by atoms with E-state index in [1.54, 1.807) is 32.0 Å². The summed E-state index contributed by atoms with van der Waals surface area (Å²) in [5, 5.41) is 21.5. The molecule has 1 aliphatic heterocycles. The summed E-state index contributed by atoms with van der Waals surface area (Å²) < 4.78 is 57.5. The molecule has 1 fully saturated rings. The Kier molecular flexibility index (Phi) is 8.48. The monoisotopic (exact) mass is 506 g/mol. The lowest BCUT2D eigenvalue weighted by Gasteiger charge is -2.30. The average Bonchev–Trinajstić information content (AvgIpc) is 2.95. The zero-order valence-electron chi connectivity index (χ0n) is 20.2. The van der Waals surface area contributed by atoms with E-state index in [1.165, 1.54) is 12.1 Å². The Hall–Kier alpha value is -3.29. The van der Waals surface area contributed by atoms with Gasteiger partial charge in [0.25, 0.3) is 0 Å². The Morgan fingerprint density at radius 2 is 1.92 bits per heavy atom. The molecule has 0 aromatic heterocycles. The van der Waals surface area contributed by atoms with Gasteiger partial charge in [-0.05, 0) is 61.1 Å². The molecule has 1 atom stereocenters. The Bertz CT molecular complexity index is 1110. The van der Waals surface area contributed by atoms with Crippen LogP contribution in [0.3, 0.4) is 0 Å².